The number of nitrogens with one attached hydrogen (secondary N) is 1. The van der Waals surface area contributed by atoms with Crippen LogP contribution in [0.2, 0.25) is 0 Å². The number of halogens is 1. The molecule has 0 bridgehead atoms. The number of aromatic nitrogens is 5. The lowest BCUT2D eigenvalue weighted by Gasteiger charge is -2.16. The first-order valence-corrected chi connectivity index (χ1v) is 9.48. The molecule has 1 N–H and O–H groups in total. The number of rotatable bonds is 6. The Morgan fingerprint density at radius 1 is 1.29 bits per heavy atom. The Kier molecular flexibility index (Phi) is 6.11. The maximum absolute atomic E-state index is 12.8. The van der Waals surface area contributed by atoms with Gasteiger partial charge in [-0.05, 0) is 34.0 Å². The van der Waals surface area contributed by atoms with Gasteiger partial charge >= 0.3 is 0 Å². The first kappa shape index (κ1) is 19.6. The van der Waals surface area contributed by atoms with Crippen LogP contribution in [0.25, 0.3) is 11.3 Å². The minimum Gasteiger partial charge on any atom is -0.309 e. The molecule has 0 saturated heterocycles. The number of nitrogens with zero attached hydrogens (tertiary/aromatic N) is 6. The van der Waals surface area contributed by atoms with E-state index in [1.54, 1.807) is 36.4 Å². The molecule has 8 nitrogen and oxygen atoms in total. The number of amides is 1. The van der Waals surface area contributed by atoms with Crippen molar-refractivity contribution in [3.8, 4) is 17.3 Å². The lowest BCUT2D eigenvalue weighted by Crippen LogP contribution is -2.22. The summed E-state index contributed by atoms with van der Waals surface area (Å²) in [6.45, 7) is 2.00. The third kappa shape index (κ3) is 4.40. The van der Waals surface area contributed by atoms with Gasteiger partial charge in [0.1, 0.15) is 10.7 Å². The second-order valence-corrected chi connectivity index (χ2v) is 7.05. The maximum atomic E-state index is 12.8. The fraction of sp³-hybridized carbons (Fsp3) is 0.263. The second-order valence-electron chi connectivity index (χ2n) is 6.23. The smallest absolute Gasteiger partial charge is 0.233 e. The highest BCUT2D eigenvalue weighted by Crippen LogP contribution is 2.27. The molecule has 1 unspecified atom stereocenters. The summed E-state index contributed by atoms with van der Waals surface area (Å²) in [5.41, 5.74) is 2.40. The first-order valence-electron chi connectivity index (χ1n) is 8.69. The summed E-state index contributed by atoms with van der Waals surface area (Å²) in [4.78, 5) is 25.5. The number of carbonyl (C=O) groups is 1. The summed E-state index contributed by atoms with van der Waals surface area (Å²) in [5, 5.41) is 16.5. The van der Waals surface area contributed by atoms with Crippen LogP contribution in [-0.2, 0) is 11.8 Å². The quantitative estimate of drug-likeness (QED) is 0.629. The zero-order valence-electron chi connectivity index (χ0n) is 15.4. The minimum atomic E-state index is -0.446. The summed E-state index contributed by atoms with van der Waals surface area (Å²) in [6, 6.07) is 3.90. The number of nitriles is 1. The van der Waals surface area contributed by atoms with Gasteiger partial charge in [0.05, 0.1) is 35.8 Å². The third-order valence-corrected chi connectivity index (χ3v) is 4.58. The van der Waals surface area contributed by atoms with E-state index < -0.39 is 5.92 Å². The molecule has 28 heavy (non-hydrogen) atoms. The van der Waals surface area contributed by atoms with Gasteiger partial charge in [-0.2, -0.15) is 10.4 Å². The number of anilines is 1. The van der Waals surface area contributed by atoms with Gasteiger partial charge in [0.2, 0.25) is 5.91 Å². The van der Waals surface area contributed by atoms with Crippen molar-refractivity contribution < 1.29 is 4.79 Å². The van der Waals surface area contributed by atoms with Crippen LogP contribution in [0.5, 0.6) is 0 Å². The SMILES string of the molecule is CCCC(C(=O)Nc1cnc(Br)cn1)c1cnc(-c2cnn(C)c2)c(C#N)c1. The maximum Gasteiger partial charge on any atom is 0.233 e. The van der Waals surface area contributed by atoms with Crippen molar-refractivity contribution in [2.45, 2.75) is 25.7 Å². The molecule has 0 aliphatic rings. The fourth-order valence-corrected chi connectivity index (χ4v) is 3.06. The Morgan fingerprint density at radius 3 is 2.71 bits per heavy atom. The molecule has 0 radical (unpaired) electrons. The largest absolute Gasteiger partial charge is 0.309 e. The molecular weight excluding hydrogens is 422 g/mol. The van der Waals surface area contributed by atoms with E-state index in [1.165, 1.54) is 12.4 Å². The lowest BCUT2D eigenvalue weighted by molar-refractivity contribution is -0.117. The van der Waals surface area contributed by atoms with E-state index in [2.05, 4.69) is 47.4 Å². The van der Waals surface area contributed by atoms with Crippen molar-refractivity contribution in [1.82, 2.24) is 24.7 Å². The molecule has 1 atom stereocenters. The lowest BCUT2D eigenvalue weighted by atomic mass is 9.93. The topological polar surface area (TPSA) is 109 Å². The van der Waals surface area contributed by atoms with E-state index in [9.17, 15) is 10.1 Å². The van der Waals surface area contributed by atoms with Crippen LogP contribution in [0.3, 0.4) is 0 Å². The standard InChI is InChI=1S/C19H18BrN7O/c1-3-4-15(19(28)26-17-10-22-16(20)9-23-17)13-5-12(6-21)18(24-7-13)14-8-25-27(2)11-14/h5,7-11,15H,3-4H2,1-2H3,(H,23,26,28). The summed E-state index contributed by atoms with van der Waals surface area (Å²) in [5.74, 6) is -0.286. The molecule has 0 spiro atoms. The van der Waals surface area contributed by atoms with E-state index in [0.717, 1.165) is 12.0 Å². The van der Waals surface area contributed by atoms with Crippen LogP contribution >= 0.6 is 15.9 Å². The number of aryl methyl sites for hydroxylation is 1. The van der Waals surface area contributed by atoms with Crippen LogP contribution in [0.15, 0.2) is 41.7 Å². The summed E-state index contributed by atoms with van der Waals surface area (Å²) < 4.78 is 2.24. The summed E-state index contributed by atoms with van der Waals surface area (Å²) >= 11 is 3.21. The van der Waals surface area contributed by atoms with Gasteiger partial charge in [-0.1, -0.05) is 13.3 Å². The molecule has 3 aromatic rings. The second kappa shape index (κ2) is 8.71. The molecule has 1 amide bonds. The average Bonchev–Trinajstić information content (AvgIpc) is 3.13. The fourth-order valence-electron chi connectivity index (χ4n) is 2.86. The highest BCUT2D eigenvalue weighted by Gasteiger charge is 2.22. The molecule has 142 valence electrons. The van der Waals surface area contributed by atoms with Gasteiger partial charge < -0.3 is 5.32 Å². The van der Waals surface area contributed by atoms with E-state index in [4.69, 9.17) is 0 Å². The molecule has 3 rings (SSSR count). The molecule has 0 fully saturated rings. The molecule has 9 heteroatoms. The molecule has 0 saturated carbocycles. The first-order chi connectivity index (χ1) is 13.5. The number of hydrogen-bond acceptors (Lipinski definition) is 6. The van der Waals surface area contributed by atoms with Gasteiger partial charge in [0.25, 0.3) is 0 Å². The molecule has 3 heterocycles. The molecule has 3 aromatic heterocycles. The Bertz CT molecular complexity index is 1020. The number of carbonyl (C=O) groups excluding carboxylic acids is 1. The third-order valence-electron chi connectivity index (χ3n) is 4.18. The van der Waals surface area contributed by atoms with Crippen molar-refractivity contribution in [2.75, 3.05) is 5.32 Å². The van der Waals surface area contributed by atoms with Crippen LogP contribution in [-0.4, -0.2) is 30.6 Å². The summed E-state index contributed by atoms with van der Waals surface area (Å²) in [6.07, 6.45) is 9.52. The highest BCUT2D eigenvalue weighted by atomic mass is 79.9. The van der Waals surface area contributed by atoms with Crippen LogP contribution in [0.4, 0.5) is 5.82 Å². The molecule has 0 aliphatic heterocycles. The highest BCUT2D eigenvalue weighted by molar-refractivity contribution is 9.10. The van der Waals surface area contributed by atoms with Crippen LogP contribution < -0.4 is 5.32 Å². The average molecular weight is 440 g/mol. The normalized spacial score (nSPS) is 11.6. The zero-order chi connectivity index (χ0) is 20.1. The van der Waals surface area contributed by atoms with E-state index in [1.807, 2.05) is 6.92 Å². The van der Waals surface area contributed by atoms with Crippen molar-refractivity contribution in [3.63, 3.8) is 0 Å². The van der Waals surface area contributed by atoms with Gasteiger partial charge in [0.15, 0.2) is 5.82 Å². The van der Waals surface area contributed by atoms with Gasteiger partial charge in [0, 0.05) is 25.0 Å². The van der Waals surface area contributed by atoms with Crippen molar-refractivity contribution in [1.29, 1.82) is 5.26 Å². The van der Waals surface area contributed by atoms with Gasteiger partial charge in [-0.15, -0.1) is 0 Å². The van der Waals surface area contributed by atoms with Crippen molar-refractivity contribution in [3.05, 3.63) is 52.8 Å². The van der Waals surface area contributed by atoms with Gasteiger partial charge in [-0.3, -0.25) is 14.5 Å². The predicted molar refractivity (Wildman–Crippen MR) is 107 cm³/mol. The Balaban J connectivity index is 1.90. The van der Waals surface area contributed by atoms with Gasteiger partial charge in [-0.25, -0.2) is 9.97 Å². The van der Waals surface area contributed by atoms with Crippen LogP contribution in [0, 0.1) is 11.3 Å². The zero-order valence-corrected chi connectivity index (χ0v) is 17.0. The summed E-state index contributed by atoms with van der Waals surface area (Å²) in [7, 11) is 1.80. The number of hydrogen-bond donors (Lipinski definition) is 1. The van der Waals surface area contributed by atoms with Crippen molar-refractivity contribution in [2.24, 2.45) is 7.05 Å². The van der Waals surface area contributed by atoms with E-state index in [-0.39, 0.29) is 5.91 Å². The molecule has 0 aliphatic carbocycles. The van der Waals surface area contributed by atoms with E-state index >= 15 is 0 Å². The molecule has 0 aromatic carbocycles. The molecular formula is C19H18BrN7O. The monoisotopic (exact) mass is 439 g/mol. The minimum absolute atomic E-state index is 0.210. The van der Waals surface area contributed by atoms with Crippen LogP contribution in [0.1, 0.15) is 36.8 Å². The van der Waals surface area contributed by atoms with E-state index in [0.29, 0.717) is 33.7 Å². The van der Waals surface area contributed by atoms with Crippen molar-refractivity contribution >= 4 is 27.7 Å². The Labute approximate surface area is 170 Å². The number of pyridine rings is 1. The predicted octanol–water partition coefficient (Wildman–Crippen LogP) is 3.43. The Hall–Kier alpha value is -3.12. The Morgan fingerprint density at radius 2 is 2.11 bits per heavy atom.